The molecule has 0 aliphatic rings. The zero-order chi connectivity index (χ0) is 9.84. The van der Waals surface area contributed by atoms with Crippen LogP contribution in [-0.2, 0) is 0 Å². The van der Waals surface area contributed by atoms with E-state index in [-0.39, 0.29) is 17.4 Å². The molecule has 0 amide bonds. The maximum Gasteiger partial charge on any atom is 0.253 e. The second-order valence-electron chi connectivity index (χ2n) is 2.76. The number of nitrogens with one attached hydrogen (secondary N) is 1. The monoisotopic (exact) mass is 200 g/mol. The van der Waals surface area contributed by atoms with Crippen molar-refractivity contribution in [2.75, 3.05) is 11.5 Å². The first-order valence-electron chi connectivity index (χ1n) is 3.83. The Labute approximate surface area is 79.9 Å². The fourth-order valence-corrected chi connectivity index (χ4v) is 1.50. The molecule has 6 heteroatoms. The van der Waals surface area contributed by atoms with Crippen LogP contribution in [0.1, 0.15) is 6.92 Å². The van der Waals surface area contributed by atoms with Gasteiger partial charge in [-0.05, 0) is 6.92 Å². The largest absolute Gasteiger partial charge is 0.383 e. The SMILES string of the molecule is CC(N)CSc1nc(N)cc(=O)[nH]1. The maximum atomic E-state index is 10.9. The molecule has 0 aliphatic heterocycles. The highest BCUT2D eigenvalue weighted by molar-refractivity contribution is 7.99. The van der Waals surface area contributed by atoms with Crippen LogP contribution < -0.4 is 17.0 Å². The molecule has 1 atom stereocenters. The van der Waals surface area contributed by atoms with Crippen LogP contribution in [0.2, 0.25) is 0 Å². The van der Waals surface area contributed by atoms with Gasteiger partial charge in [0.15, 0.2) is 5.16 Å². The molecule has 1 aromatic rings. The van der Waals surface area contributed by atoms with Gasteiger partial charge in [-0.1, -0.05) is 11.8 Å². The van der Waals surface area contributed by atoms with E-state index in [0.717, 1.165) is 0 Å². The maximum absolute atomic E-state index is 10.9. The Kier molecular flexibility index (Phi) is 3.32. The summed E-state index contributed by atoms with van der Waals surface area (Å²) in [7, 11) is 0. The van der Waals surface area contributed by atoms with Gasteiger partial charge in [0.25, 0.3) is 5.56 Å². The number of hydrogen-bond donors (Lipinski definition) is 3. The van der Waals surface area contributed by atoms with E-state index in [9.17, 15) is 4.79 Å². The summed E-state index contributed by atoms with van der Waals surface area (Å²) < 4.78 is 0. The summed E-state index contributed by atoms with van der Waals surface area (Å²) in [5, 5.41) is 0.516. The van der Waals surface area contributed by atoms with Crippen LogP contribution in [0.25, 0.3) is 0 Å². The summed E-state index contributed by atoms with van der Waals surface area (Å²) in [5.74, 6) is 0.933. The van der Waals surface area contributed by atoms with Crippen molar-refractivity contribution in [2.45, 2.75) is 18.1 Å². The fourth-order valence-electron chi connectivity index (χ4n) is 0.732. The second-order valence-corrected chi connectivity index (χ2v) is 3.77. The second kappa shape index (κ2) is 4.29. The Morgan fingerprint density at radius 2 is 2.46 bits per heavy atom. The van der Waals surface area contributed by atoms with Gasteiger partial charge < -0.3 is 16.5 Å². The van der Waals surface area contributed by atoms with Crippen LogP contribution in [0, 0.1) is 0 Å². The number of anilines is 1. The zero-order valence-corrected chi connectivity index (χ0v) is 8.10. The molecule has 13 heavy (non-hydrogen) atoms. The first-order chi connectivity index (χ1) is 6.08. The third-order valence-electron chi connectivity index (χ3n) is 1.22. The van der Waals surface area contributed by atoms with Crippen LogP contribution in [0.15, 0.2) is 16.0 Å². The van der Waals surface area contributed by atoms with Crippen molar-refractivity contribution in [1.29, 1.82) is 0 Å². The lowest BCUT2D eigenvalue weighted by molar-refractivity contribution is 0.840. The van der Waals surface area contributed by atoms with Gasteiger partial charge in [0, 0.05) is 17.9 Å². The lowest BCUT2D eigenvalue weighted by Crippen LogP contribution is -2.18. The smallest absolute Gasteiger partial charge is 0.253 e. The minimum Gasteiger partial charge on any atom is -0.383 e. The Morgan fingerprint density at radius 1 is 1.77 bits per heavy atom. The van der Waals surface area contributed by atoms with Gasteiger partial charge in [-0.25, -0.2) is 4.98 Å². The quantitative estimate of drug-likeness (QED) is 0.463. The van der Waals surface area contributed by atoms with Crippen LogP contribution in [-0.4, -0.2) is 21.8 Å². The first kappa shape index (κ1) is 10.1. The number of aromatic amines is 1. The topological polar surface area (TPSA) is 97.8 Å². The van der Waals surface area contributed by atoms with Crippen LogP contribution >= 0.6 is 11.8 Å². The molecule has 5 nitrogen and oxygen atoms in total. The number of hydrogen-bond acceptors (Lipinski definition) is 5. The number of H-pyrrole nitrogens is 1. The molecular formula is C7H12N4OS. The van der Waals surface area contributed by atoms with Crippen molar-refractivity contribution >= 4 is 17.6 Å². The molecule has 0 saturated heterocycles. The predicted molar refractivity (Wildman–Crippen MR) is 53.6 cm³/mol. The summed E-state index contributed by atoms with van der Waals surface area (Å²) in [6.45, 7) is 1.89. The summed E-state index contributed by atoms with van der Waals surface area (Å²) in [4.78, 5) is 17.4. The van der Waals surface area contributed by atoms with Gasteiger partial charge in [-0.15, -0.1) is 0 Å². The Morgan fingerprint density at radius 3 is 3.00 bits per heavy atom. The molecule has 0 aliphatic carbocycles. The van der Waals surface area contributed by atoms with Crippen LogP contribution in [0.4, 0.5) is 5.82 Å². The zero-order valence-electron chi connectivity index (χ0n) is 7.28. The van der Waals surface area contributed by atoms with Crippen LogP contribution in [0.3, 0.4) is 0 Å². The molecule has 0 bridgehead atoms. The van der Waals surface area contributed by atoms with E-state index in [2.05, 4.69) is 9.97 Å². The minimum absolute atomic E-state index is 0.0664. The summed E-state index contributed by atoms with van der Waals surface area (Å²) in [6, 6.07) is 1.31. The number of nitrogens with two attached hydrogens (primary N) is 2. The molecule has 1 rings (SSSR count). The standard InChI is InChI=1S/C7H12N4OS/c1-4(8)3-13-7-10-5(9)2-6(12)11-7/h2,4H,3,8H2,1H3,(H3,9,10,11,12). The fraction of sp³-hybridized carbons (Fsp3) is 0.429. The lowest BCUT2D eigenvalue weighted by atomic mass is 10.4. The van der Waals surface area contributed by atoms with E-state index in [4.69, 9.17) is 11.5 Å². The van der Waals surface area contributed by atoms with Gasteiger partial charge in [-0.2, -0.15) is 0 Å². The Hall–Kier alpha value is -1.01. The molecule has 0 aromatic carbocycles. The van der Waals surface area contributed by atoms with Gasteiger partial charge in [0.05, 0.1) is 0 Å². The molecule has 72 valence electrons. The highest BCUT2D eigenvalue weighted by Crippen LogP contribution is 2.11. The van der Waals surface area contributed by atoms with E-state index in [0.29, 0.717) is 10.9 Å². The van der Waals surface area contributed by atoms with Crippen molar-refractivity contribution in [3.8, 4) is 0 Å². The average Bonchev–Trinajstić information content (AvgIpc) is 1.99. The highest BCUT2D eigenvalue weighted by atomic mass is 32.2. The van der Waals surface area contributed by atoms with E-state index < -0.39 is 0 Å². The van der Waals surface area contributed by atoms with Gasteiger partial charge in [0.1, 0.15) is 5.82 Å². The van der Waals surface area contributed by atoms with E-state index >= 15 is 0 Å². The molecule has 0 saturated carbocycles. The minimum atomic E-state index is -0.236. The average molecular weight is 200 g/mol. The predicted octanol–water partition coefficient (Wildman–Crippen LogP) is -0.209. The van der Waals surface area contributed by atoms with Crippen molar-refractivity contribution in [2.24, 2.45) is 5.73 Å². The third-order valence-corrected chi connectivity index (χ3v) is 2.38. The van der Waals surface area contributed by atoms with Crippen molar-refractivity contribution < 1.29 is 0 Å². The van der Waals surface area contributed by atoms with Crippen molar-refractivity contribution in [3.05, 3.63) is 16.4 Å². The number of rotatable bonds is 3. The summed E-state index contributed by atoms with van der Waals surface area (Å²) in [5.41, 5.74) is 10.7. The number of thioether (sulfide) groups is 1. The van der Waals surface area contributed by atoms with Gasteiger partial charge >= 0.3 is 0 Å². The Balaban J connectivity index is 2.72. The van der Waals surface area contributed by atoms with Gasteiger partial charge in [-0.3, -0.25) is 4.79 Å². The van der Waals surface area contributed by atoms with Crippen LogP contribution in [0.5, 0.6) is 0 Å². The number of nitrogens with zero attached hydrogens (tertiary/aromatic N) is 1. The molecule has 1 heterocycles. The third kappa shape index (κ3) is 3.47. The van der Waals surface area contributed by atoms with E-state index in [1.807, 2.05) is 6.92 Å². The number of aromatic nitrogens is 2. The molecule has 1 unspecified atom stereocenters. The van der Waals surface area contributed by atoms with Crippen molar-refractivity contribution in [3.63, 3.8) is 0 Å². The highest BCUT2D eigenvalue weighted by Gasteiger charge is 2.01. The molecule has 0 radical (unpaired) electrons. The molecule has 0 spiro atoms. The summed E-state index contributed by atoms with van der Waals surface area (Å²) in [6.07, 6.45) is 0. The van der Waals surface area contributed by atoms with Gasteiger partial charge in [0.2, 0.25) is 0 Å². The van der Waals surface area contributed by atoms with Crippen molar-refractivity contribution in [1.82, 2.24) is 9.97 Å². The molecule has 5 N–H and O–H groups in total. The molecule has 1 aromatic heterocycles. The molecule has 0 fully saturated rings. The summed E-state index contributed by atoms with van der Waals surface area (Å²) >= 11 is 1.39. The first-order valence-corrected chi connectivity index (χ1v) is 4.81. The Bertz CT molecular complexity index is 336. The van der Waals surface area contributed by atoms with E-state index in [1.165, 1.54) is 17.8 Å². The lowest BCUT2D eigenvalue weighted by Gasteiger charge is -2.03. The van der Waals surface area contributed by atoms with E-state index in [1.54, 1.807) is 0 Å². The molecular weight excluding hydrogens is 188 g/mol. The normalized spacial score (nSPS) is 12.8. The number of nitrogen functional groups attached to an aromatic ring is 1.